The summed E-state index contributed by atoms with van der Waals surface area (Å²) < 4.78 is 34.8. The van der Waals surface area contributed by atoms with Crippen molar-refractivity contribution in [2.75, 3.05) is 6.54 Å². The van der Waals surface area contributed by atoms with Gasteiger partial charge in [0.2, 0.25) is 5.91 Å². The highest BCUT2D eigenvalue weighted by Crippen LogP contribution is 2.20. The van der Waals surface area contributed by atoms with Gasteiger partial charge in [0.05, 0.1) is 0 Å². The SMILES string of the molecule is O=C(O)CC(=O)NCCCC(F)(F)F. The molecule has 0 saturated carbocycles. The summed E-state index contributed by atoms with van der Waals surface area (Å²) >= 11 is 0. The van der Waals surface area contributed by atoms with E-state index in [-0.39, 0.29) is 13.0 Å². The Morgan fingerprint density at radius 2 is 1.86 bits per heavy atom. The van der Waals surface area contributed by atoms with Crippen LogP contribution in [-0.4, -0.2) is 29.7 Å². The Morgan fingerprint density at radius 1 is 1.29 bits per heavy atom. The van der Waals surface area contributed by atoms with Gasteiger partial charge in [-0.25, -0.2) is 0 Å². The van der Waals surface area contributed by atoms with Crippen molar-refractivity contribution in [3.63, 3.8) is 0 Å². The fourth-order valence-corrected chi connectivity index (χ4v) is 0.716. The maximum absolute atomic E-state index is 11.6. The molecular weight excluding hydrogens is 203 g/mol. The van der Waals surface area contributed by atoms with Crippen molar-refractivity contribution >= 4 is 11.9 Å². The first-order valence-corrected chi connectivity index (χ1v) is 3.86. The van der Waals surface area contributed by atoms with Crippen LogP contribution in [0.4, 0.5) is 13.2 Å². The van der Waals surface area contributed by atoms with Gasteiger partial charge in [0.25, 0.3) is 0 Å². The van der Waals surface area contributed by atoms with Crippen LogP contribution in [0, 0.1) is 0 Å². The number of hydrogen-bond donors (Lipinski definition) is 2. The number of carbonyl (C=O) groups excluding carboxylic acids is 1. The van der Waals surface area contributed by atoms with Crippen LogP contribution in [0.25, 0.3) is 0 Å². The Morgan fingerprint density at radius 3 is 2.29 bits per heavy atom. The minimum absolute atomic E-state index is 0.161. The molecule has 0 spiro atoms. The Labute approximate surface area is 78.1 Å². The van der Waals surface area contributed by atoms with E-state index in [4.69, 9.17) is 5.11 Å². The highest BCUT2D eigenvalue weighted by atomic mass is 19.4. The van der Waals surface area contributed by atoms with Crippen LogP contribution in [0.15, 0.2) is 0 Å². The van der Waals surface area contributed by atoms with Crippen LogP contribution in [0.5, 0.6) is 0 Å². The van der Waals surface area contributed by atoms with E-state index in [1.54, 1.807) is 0 Å². The smallest absolute Gasteiger partial charge is 0.389 e. The highest BCUT2D eigenvalue weighted by Gasteiger charge is 2.25. The van der Waals surface area contributed by atoms with E-state index in [1.807, 2.05) is 0 Å². The van der Waals surface area contributed by atoms with Crippen LogP contribution >= 0.6 is 0 Å². The molecule has 14 heavy (non-hydrogen) atoms. The van der Waals surface area contributed by atoms with E-state index >= 15 is 0 Å². The summed E-state index contributed by atoms with van der Waals surface area (Å²) in [6, 6.07) is 0. The molecule has 0 aromatic heterocycles. The summed E-state index contributed by atoms with van der Waals surface area (Å²) in [5, 5.41) is 10.2. The van der Waals surface area contributed by atoms with Gasteiger partial charge >= 0.3 is 12.1 Å². The molecule has 0 atom stereocenters. The summed E-state index contributed by atoms with van der Waals surface area (Å²) in [5.41, 5.74) is 0. The maximum atomic E-state index is 11.6. The third kappa shape index (κ3) is 8.82. The Bertz CT molecular complexity index is 215. The van der Waals surface area contributed by atoms with E-state index in [0.717, 1.165) is 0 Å². The number of nitrogens with one attached hydrogen (secondary N) is 1. The molecule has 82 valence electrons. The van der Waals surface area contributed by atoms with Gasteiger partial charge in [-0.3, -0.25) is 9.59 Å². The van der Waals surface area contributed by atoms with Crippen molar-refractivity contribution < 1.29 is 27.9 Å². The van der Waals surface area contributed by atoms with Gasteiger partial charge in [0.15, 0.2) is 0 Å². The number of hydrogen-bond acceptors (Lipinski definition) is 2. The number of alkyl halides is 3. The van der Waals surface area contributed by atoms with Crippen molar-refractivity contribution in [2.24, 2.45) is 0 Å². The first-order valence-electron chi connectivity index (χ1n) is 3.86. The maximum Gasteiger partial charge on any atom is 0.389 e. The minimum Gasteiger partial charge on any atom is -0.481 e. The number of carbonyl (C=O) groups is 2. The standard InChI is InChI=1S/C7H10F3NO3/c8-7(9,10)2-1-3-11-5(12)4-6(13)14/h1-4H2,(H,11,12)(H,13,14). The van der Waals surface area contributed by atoms with E-state index in [0.29, 0.717) is 0 Å². The average Bonchev–Trinajstić information content (AvgIpc) is 1.95. The molecule has 0 heterocycles. The molecule has 1 amide bonds. The predicted octanol–water partition coefficient (Wildman–Crippen LogP) is 0.920. The van der Waals surface area contributed by atoms with Crippen molar-refractivity contribution in [1.82, 2.24) is 5.32 Å². The van der Waals surface area contributed by atoms with Crippen LogP contribution in [0.3, 0.4) is 0 Å². The lowest BCUT2D eigenvalue weighted by atomic mass is 10.3. The highest BCUT2D eigenvalue weighted by molar-refractivity contribution is 5.93. The second-order valence-corrected chi connectivity index (χ2v) is 2.64. The summed E-state index contributed by atoms with van der Waals surface area (Å²) in [5.74, 6) is -2.09. The molecule has 0 bridgehead atoms. The number of carboxylic acids is 1. The molecular formula is C7H10F3NO3. The molecule has 0 saturated heterocycles. The van der Waals surface area contributed by atoms with Gasteiger partial charge in [0.1, 0.15) is 6.42 Å². The van der Waals surface area contributed by atoms with Crippen LogP contribution < -0.4 is 5.32 Å². The van der Waals surface area contributed by atoms with E-state index < -0.39 is 30.9 Å². The van der Waals surface area contributed by atoms with Crippen molar-refractivity contribution in [2.45, 2.75) is 25.4 Å². The number of aliphatic carboxylic acids is 1. The third-order valence-corrected chi connectivity index (χ3v) is 1.27. The predicted molar refractivity (Wildman–Crippen MR) is 40.6 cm³/mol. The van der Waals surface area contributed by atoms with Crippen molar-refractivity contribution in [1.29, 1.82) is 0 Å². The molecule has 0 aliphatic carbocycles. The van der Waals surface area contributed by atoms with E-state index in [2.05, 4.69) is 5.32 Å². The molecule has 0 aromatic rings. The van der Waals surface area contributed by atoms with Gasteiger partial charge in [-0.1, -0.05) is 0 Å². The van der Waals surface area contributed by atoms with Gasteiger partial charge in [-0.15, -0.1) is 0 Å². The van der Waals surface area contributed by atoms with E-state index in [9.17, 15) is 22.8 Å². The fourth-order valence-electron chi connectivity index (χ4n) is 0.716. The van der Waals surface area contributed by atoms with Gasteiger partial charge in [0, 0.05) is 13.0 Å². The summed E-state index contributed by atoms with van der Waals surface area (Å²) in [7, 11) is 0. The number of halogens is 3. The van der Waals surface area contributed by atoms with Gasteiger partial charge in [-0.2, -0.15) is 13.2 Å². The van der Waals surface area contributed by atoms with Crippen LogP contribution in [0.2, 0.25) is 0 Å². The third-order valence-electron chi connectivity index (χ3n) is 1.27. The zero-order valence-electron chi connectivity index (χ0n) is 7.23. The summed E-state index contributed by atoms with van der Waals surface area (Å²) in [4.78, 5) is 20.6. The molecule has 0 aromatic carbocycles. The minimum atomic E-state index is -4.24. The summed E-state index contributed by atoms with van der Waals surface area (Å²) in [6.07, 6.45) is -6.18. The van der Waals surface area contributed by atoms with Crippen LogP contribution in [0.1, 0.15) is 19.3 Å². The molecule has 0 fully saturated rings. The van der Waals surface area contributed by atoms with Crippen LogP contribution in [-0.2, 0) is 9.59 Å². The largest absolute Gasteiger partial charge is 0.481 e. The monoisotopic (exact) mass is 213 g/mol. The molecule has 4 nitrogen and oxygen atoms in total. The first-order chi connectivity index (χ1) is 6.31. The molecule has 2 N–H and O–H groups in total. The lowest BCUT2D eigenvalue weighted by molar-refractivity contribution is -0.142. The molecule has 7 heteroatoms. The van der Waals surface area contributed by atoms with Gasteiger partial charge < -0.3 is 10.4 Å². The molecule has 0 unspecified atom stereocenters. The zero-order chi connectivity index (χ0) is 11.2. The summed E-state index contributed by atoms with van der Waals surface area (Å²) in [6.45, 7) is -0.161. The topological polar surface area (TPSA) is 66.4 Å². The van der Waals surface area contributed by atoms with Crippen molar-refractivity contribution in [3.8, 4) is 0 Å². The van der Waals surface area contributed by atoms with E-state index in [1.165, 1.54) is 0 Å². The first kappa shape index (κ1) is 12.7. The lowest BCUT2D eigenvalue weighted by Gasteiger charge is -2.06. The normalized spacial score (nSPS) is 11.1. The quantitative estimate of drug-likeness (QED) is 0.527. The lowest BCUT2D eigenvalue weighted by Crippen LogP contribution is -2.27. The average molecular weight is 213 g/mol. The van der Waals surface area contributed by atoms with Crippen molar-refractivity contribution in [3.05, 3.63) is 0 Å². The molecule has 0 aliphatic heterocycles. The Balaban J connectivity index is 3.46. The Kier molecular flexibility index (Phi) is 4.96. The Hall–Kier alpha value is -1.27. The number of rotatable bonds is 5. The molecule has 0 aliphatic rings. The molecule has 0 rings (SSSR count). The number of carboxylic acid groups (broad SMARTS) is 1. The van der Waals surface area contributed by atoms with Gasteiger partial charge in [-0.05, 0) is 6.42 Å². The molecule has 0 radical (unpaired) electrons. The zero-order valence-corrected chi connectivity index (χ0v) is 7.23. The fraction of sp³-hybridized carbons (Fsp3) is 0.714. The second-order valence-electron chi connectivity index (χ2n) is 2.64. The number of amides is 1. The second kappa shape index (κ2) is 5.46.